The lowest BCUT2D eigenvalue weighted by Crippen LogP contribution is -2.49. The van der Waals surface area contributed by atoms with Gasteiger partial charge in [-0.3, -0.25) is 4.90 Å². The van der Waals surface area contributed by atoms with Crippen LogP contribution in [-0.4, -0.2) is 48.5 Å². The summed E-state index contributed by atoms with van der Waals surface area (Å²) in [5.41, 5.74) is 2.48. The first kappa shape index (κ1) is 21.3. The zero-order valence-corrected chi connectivity index (χ0v) is 18.3. The van der Waals surface area contributed by atoms with Crippen LogP contribution in [0, 0.1) is 0 Å². The predicted octanol–water partition coefficient (Wildman–Crippen LogP) is 4.60. The van der Waals surface area contributed by atoms with E-state index in [4.69, 9.17) is 9.47 Å². The van der Waals surface area contributed by atoms with Crippen molar-refractivity contribution in [1.29, 1.82) is 0 Å². The van der Waals surface area contributed by atoms with Crippen LogP contribution in [0.25, 0.3) is 0 Å². The fourth-order valence-corrected chi connectivity index (χ4v) is 3.94. The number of benzene rings is 2. The van der Waals surface area contributed by atoms with E-state index in [0.717, 1.165) is 29.6 Å². The fourth-order valence-electron chi connectivity index (χ4n) is 3.67. The van der Waals surface area contributed by atoms with Gasteiger partial charge in [-0.25, -0.2) is 0 Å². The van der Waals surface area contributed by atoms with E-state index < -0.39 is 6.10 Å². The average molecular weight is 448 g/mol. The third kappa shape index (κ3) is 5.80. The summed E-state index contributed by atoms with van der Waals surface area (Å²) in [6.45, 7) is 6.68. The Morgan fingerprint density at radius 3 is 2.57 bits per heavy atom. The molecule has 0 amide bonds. The summed E-state index contributed by atoms with van der Waals surface area (Å²) in [7, 11) is 0. The van der Waals surface area contributed by atoms with Gasteiger partial charge in [-0.2, -0.15) is 0 Å². The van der Waals surface area contributed by atoms with E-state index in [-0.39, 0.29) is 12.1 Å². The standard InChI is InChI=1S/C23H30BrNO3/c1-3-4-18-5-11-22(12-6-18)28-16-21(26)15-25-13-14-27-23(17(25)2)19-7-9-20(24)10-8-19/h5-12,17,21,23,26H,3-4,13-16H2,1-2H3. The molecule has 2 aromatic rings. The van der Waals surface area contributed by atoms with Gasteiger partial charge in [0.2, 0.25) is 0 Å². The van der Waals surface area contributed by atoms with Crippen molar-refractivity contribution in [2.24, 2.45) is 0 Å². The van der Waals surface area contributed by atoms with Gasteiger partial charge in [0.05, 0.1) is 12.7 Å². The van der Waals surface area contributed by atoms with Gasteiger partial charge in [-0.15, -0.1) is 0 Å². The molecule has 0 saturated carbocycles. The predicted molar refractivity (Wildman–Crippen MR) is 116 cm³/mol. The van der Waals surface area contributed by atoms with Crippen LogP contribution in [0.15, 0.2) is 53.0 Å². The van der Waals surface area contributed by atoms with E-state index >= 15 is 0 Å². The van der Waals surface area contributed by atoms with Crippen LogP contribution in [0.1, 0.15) is 37.5 Å². The Balaban J connectivity index is 1.51. The number of nitrogens with zero attached hydrogens (tertiary/aromatic N) is 1. The van der Waals surface area contributed by atoms with E-state index in [2.05, 4.69) is 58.9 Å². The van der Waals surface area contributed by atoms with E-state index in [9.17, 15) is 5.11 Å². The van der Waals surface area contributed by atoms with Crippen LogP contribution in [-0.2, 0) is 11.2 Å². The molecule has 0 spiro atoms. The molecule has 3 unspecified atom stereocenters. The maximum absolute atomic E-state index is 10.5. The van der Waals surface area contributed by atoms with E-state index in [1.807, 2.05) is 24.3 Å². The highest BCUT2D eigenvalue weighted by atomic mass is 79.9. The van der Waals surface area contributed by atoms with Gasteiger partial charge in [0, 0.05) is 23.6 Å². The molecule has 28 heavy (non-hydrogen) atoms. The lowest BCUT2D eigenvalue weighted by molar-refractivity contribution is -0.0804. The van der Waals surface area contributed by atoms with Crippen molar-refractivity contribution in [3.63, 3.8) is 0 Å². The number of halogens is 1. The van der Waals surface area contributed by atoms with Crippen LogP contribution in [0.2, 0.25) is 0 Å². The molecular formula is C23H30BrNO3. The molecule has 1 aliphatic heterocycles. The molecule has 152 valence electrons. The molecule has 0 bridgehead atoms. The smallest absolute Gasteiger partial charge is 0.119 e. The maximum atomic E-state index is 10.5. The second-order valence-corrected chi connectivity index (χ2v) is 8.35. The first-order valence-corrected chi connectivity index (χ1v) is 10.9. The van der Waals surface area contributed by atoms with Crippen molar-refractivity contribution in [3.8, 4) is 5.75 Å². The third-order valence-corrected chi connectivity index (χ3v) is 5.77. The number of aliphatic hydroxyl groups is 1. The van der Waals surface area contributed by atoms with Gasteiger partial charge < -0.3 is 14.6 Å². The zero-order valence-electron chi connectivity index (χ0n) is 16.7. The molecule has 1 N–H and O–H groups in total. The molecule has 1 saturated heterocycles. The lowest BCUT2D eigenvalue weighted by Gasteiger charge is -2.40. The van der Waals surface area contributed by atoms with Crippen molar-refractivity contribution in [2.45, 2.75) is 44.9 Å². The molecule has 1 fully saturated rings. The number of hydrogen-bond donors (Lipinski definition) is 1. The van der Waals surface area contributed by atoms with E-state index in [0.29, 0.717) is 19.8 Å². The van der Waals surface area contributed by atoms with Gasteiger partial charge in [-0.1, -0.05) is 53.5 Å². The fraction of sp³-hybridized carbons (Fsp3) is 0.478. The summed E-state index contributed by atoms with van der Waals surface area (Å²) in [6, 6.07) is 16.6. The second-order valence-electron chi connectivity index (χ2n) is 7.44. The third-order valence-electron chi connectivity index (χ3n) is 5.24. The van der Waals surface area contributed by atoms with Crippen molar-refractivity contribution < 1.29 is 14.6 Å². The van der Waals surface area contributed by atoms with Gasteiger partial charge >= 0.3 is 0 Å². The van der Waals surface area contributed by atoms with Crippen LogP contribution in [0.4, 0.5) is 0 Å². The summed E-state index contributed by atoms with van der Waals surface area (Å²) in [5.74, 6) is 0.807. The Morgan fingerprint density at radius 1 is 1.18 bits per heavy atom. The summed E-state index contributed by atoms with van der Waals surface area (Å²) >= 11 is 3.48. The van der Waals surface area contributed by atoms with E-state index in [1.54, 1.807) is 0 Å². The molecule has 3 rings (SSSR count). The molecule has 0 radical (unpaired) electrons. The van der Waals surface area contributed by atoms with Crippen LogP contribution in [0.5, 0.6) is 5.75 Å². The Kier molecular flexibility index (Phi) is 7.91. The first-order chi connectivity index (χ1) is 13.6. The Labute approximate surface area is 176 Å². The highest BCUT2D eigenvalue weighted by molar-refractivity contribution is 9.10. The zero-order chi connectivity index (χ0) is 19.9. The summed E-state index contributed by atoms with van der Waals surface area (Å²) in [5, 5.41) is 10.5. The van der Waals surface area contributed by atoms with Crippen LogP contribution >= 0.6 is 15.9 Å². The summed E-state index contributed by atoms with van der Waals surface area (Å²) < 4.78 is 12.9. The monoisotopic (exact) mass is 447 g/mol. The highest BCUT2D eigenvalue weighted by Gasteiger charge is 2.31. The van der Waals surface area contributed by atoms with Crippen LogP contribution < -0.4 is 4.74 Å². The first-order valence-electron chi connectivity index (χ1n) is 10.1. The number of aliphatic hydroxyl groups excluding tert-OH is 1. The molecule has 1 heterocycles. The van der Waals surface area contributed by atoms with Gasteiger partial charge in [0.1, 0.15) is 18.5 Å². The Hall–Kier alpha value is -1.40. The number of aryl methyl sites for hydroxylation is 1. The molecule has 4 nitrogen and oxygen atoms in total. The molecule has 5 heteroatoms. The Bertz CT molecular complexity index is 720. The molecule has 3 atom stereocenters. The van der Waals surface area contributed by atoms with Crippen molar-refractivity contribution in [2.75, 3.05) is 26.3 Å². The van der Waals surface area contributed by atoms with Gasteiger partial charge in [0.25, 0.3) is 0 Å². The largest absolute Gasteiger partial charge is 0.491 e. The number of hydrogen-bond acceptors (Lipinski definition) is 4. The molecule has 2 aromatic carbocycles. The number of ether oxygens (including phenoxy) is 2. The minimum atomic E-state index is -0.540. The normalized spacial score (nSPS) is 21.4. The highest BCUT2D eigenvalue weighted by Crippen LogP contribution is 2.29. The molecule has 0 aliphatic carbocycles. The number of morpholine rings is 1. The second kappa shape index (κ2) is 10.4. The van der Waals surface area contributed by atoms with Crippen molar-refractivity contribution >= 4 is 15.9 Å². The molecular weight excluding hydrogens is 418 g/mol. The quantitative estimate of drug-likeness (QED) is 0.641. The summed E-state index contributed by atoms with van der Waals surface area (Å²) in [6.07, 6.45) is 1.69. The summed E-state index contributed by atoms with van der Waals surface area (Å²) in [4.78, 5) is 2.29. The van der Waals surface area contributed by atoms with Crippen molar-refractivity contribution in [3.05, 3.63) is 64.1 Å². The SMILES string of the molecule is CCCc1ccc(OCC(O)CN2CCOC(c3ccc(Br)cc3)C2C)cc1. The topological polar surface area (TPSA) is 41.9 Å². The van der Waals surface area contributed by atoms with Gasteiger partial charge in [-0.05, 0) is 48.7 Å². The number of β-amino-alcohol motifs (C(OH)–C–C–N with tert-alkyl or cyclic N) is 1. The minimum Gasteiger partial charge on any atom is -0.491 e. The average Bonchev–Trinajstić information content (AvgIpc) is 2.70. The maximum Gasteiger partial charge on any atom is 0.119 e. The van der Waals surface area contributed by atoms with Crippen molar-refractivity contribution in [1.82, 2.24) is 4.90 Å². The minimum absolute atomic E-state index is 0.0149. The molecule has 0 aromatic heterocycles. The Morgan fingerprint density at radius 2 is 1.89 bits per heavy atom. The van der Waals surface area contributed by atoms with Gasteiger partial charge in [0.15, 0.2) is 0 Å². The number of rotatable bonds is 8. The lowest BCUT2D eigenvalue weighted by atomic mass is 10.0. The van der Waals surface area contributed by atoms with Crippen LogP contribution in [0.3, 0.4) is 0 Å². The van der Waals surface area contributed by atoms with E-state index in [1.165, 1.54) is 11.1 Å². The molecule has 1 aliphatic rings.